The lowest BCUT2D eigenvalue weighted by Crippen LogP contribution is -2.14. The van der Waals surface area contributed by atoms with Crippen molar-refractivity contribution < 1.29 is 4.39 Å². The highest BCUT2D eigenvalue weighted by atomic mass is 19.1. The van der Waals surface area contributed by atoms with E-state index in [1.54, 1.807) is 13.1 Å². The number of nitrogens with zero attached hydrogens (tertiary/aromatic N) is 1. The van der Waals surface area contributed by atoms with Gasteiger partial charge in [-0.05, 0) is 31.2 Å². The van der Waals surface area contributed by atoms with E-state index in [1.165, 1.54) is 12.1 Å². The summed E-state index contributed by atoms with van der Waals surface area (Å²) in [6, 6.07) is 8.31. The van der Waals surface area contributed by atoms with Crippen molar-refractivity contribution in [2.24, 2.45) is 0 Å². The molecule has 0 radical (unpaired) electrons. The van der Waals surface area contributed by atoms with Crippen molar-refractivity contribution in [1.29, 1.82) is 5.41 Å². The molecule has 0 aliphatic carbocycles. The summed E-state index contributed by atoms with van der Waals surface area (Å²) >= 11 is 0. The second kappa shape index (κ2) is 6.70. The van der Waals surface area contributed by atoms with E-state index in [9.17, 15) is 4.39 Å². The highest BCUT2D eigenvalue weighted by Gasteiger charge is 2.13. The summed E-state index contributed by atoms with van der Waals surface area (Å²) in [6.45, 7) is 5.61. The Morgan fingerprint density at radius 3 is 2.77 bits per heavy atom. The summed E-state index contributed by atoms with van der Waals surface area (Å²) in [5.74, 6) is -0.484. The third-order valence-electron chi connectivity index (χ3n) is 3.16. The van der Waals surface area contributed by atoms with Crippen LogP contribution in [0.3, 0.4) is 0 Å². The molecule has 4 nitrogen and oxygen atoms in total. The van der Waals surface area contributed by atoms with Gasteiger partial charge in [0.25, 0.3) is 0 Å². The van der Waals surface area contributed by atoms with Gasteiger partial charge >= 0.3 is 0 Å². The Morgan fingerprint density at radius 1 is 1.41 bits per heavy atom. The van der Waals surface area contributed by atoms with Crippen LogP contribution in [0.2, 0.25) is 0 Å². The molecular weight excluding hydrogens is 279 g/mol. The molecule has 5 heteroatoms. The smallest absolute Gasteiger partial charge is 0.135 e. The van der Waals surface area contributed by atoms with Crippen molar-refractivity contribution in [3.05, 3.63) is 71.5 Å². The minimum Gasteiger partial charge on any atom is -0.398 e. The number of nitrogens with two attached hydrogens (primary N) is 1. The topological polar surface area (TPSA) is 74.8 Å². The van der Waals surface area contributed by atoms with Crippen LogP contribution in [0.4, 0.5) is 10.1 Å². The molecule has 2 rings (SSSR count). The number of nitrogen functional groups attached to an aromatic ring is 1. The fourth-order valence-corrected chi connectivity index (χ4v) is 2.04. The van der Waals surface area contributed by atoms with E-state index in [0.717, 1.165) is 5.69 Å². The summed E-state index contributed by atoms with van der Waals surface area (Å²) in [4.78, 5) is 4.19. The average molecular weight is 296 g/mol. The van der Waals surface area contributed by atoms with Crippen LogP contribution in [0.5, 0.6) is 0 Å². The van der Waals surface area contributed by atoms with Crippen LogP contribution in [0.1, 0.15) is 23.7 Å². The van der Waals surface area contributed by atoms with Crippen LogP contribution in [-0.2, 0) is 6.54 Å². The van der Waals surface area contributed by atoms with Crippen LogP contribution in [0.15, 0.2) is 48.8 Å². The molecule has 1 aromatic heterocycles. The van der Waals surface area contributed by atoms with Gasteiger partial charge in [0.2, 0.25) is 0 Å². The first-order chi connectivity index (χ1) is 10.5. The summed E-state index contributed by atoms with van der Waals surface area (Å²) < 4.78 is 14.2. The maximum Gasteiger partial charge on any atom is 0.135 e. The largest absolute Gasteiger partial charge is 0.398 e. The maximum absolute atomic E-state index is 14.2. The van der Waals surface area contributed by atoms with E-state index in [1.807, 2.05) is 18.2 Å². The summed E-state index contributed by atoms with van der Waals surface area (Å²) in [7, 11) is 0. The molecule has 2 aromatic rings. The van der Waals surface area contributed by atoms with E-state index in [-0.39, 0.29) is 17.0 Å². The predicted molar refractivity (Wildman–Crippen MR) is 86.9 cm³/mol. The van der Waals surface area contributed by atoms with Crippen LogP contribution < -0.4 is 11.1 Å². The number of aromatic nitrogens is 1. The fraction of sp³-hybridized carbons (Fsp3) is 0.118. The van der Waals surface area contributed by atoms with Crippen LogP contribution in [0.25, 0.3) is 5.70 Å². The van der Waals surface area contributed by atoms with Gasteiger partial charge in [-0.3, -0.25) is 4.98 Å². The Hall–Kier alpha value is -2.91. The van der Waals surface area contributed by atoms with E-state index in [0.29, 0.717) is 17.8 Å². The summed E-state index contributed by atoms with van der Waals surface area (Å²) in [5, 5.41) is 10.8. The zero-order valence-corrected chi connectivity index (χ0v) is 12.3. The van der Waals surface area contributed by atoms with Gasteiger partial charge in [0.05, 0.1) is 17.9 Å². The Morgan fingerprint density at radius 2 is 2.18 bits per heavy atom. The van der Waals surface area contributed by atoms with Gasteiger partial charge in [-0.1, -0.05) is 12.6 Å². The normalized spacial score (nSPS) is 9.91. The Labute approximate surface area is 128 Å². The zero-order chi connectivity index (χ0) is 16.1. The lowest BCUT2D eigenvalue weighted by Gasteiger charge is -2.13. The van der Waals surface area contributed by atoms with Crippen molar-refractivity contribution >= 4 is 17.1 Å². The van der Waals surface area contributed by atoms with Crippen molar-refractivity contribution in [1.82, 2.24) is 10.3 Å². The molecule has 0 saturated carbocycles. The summed E-state index contributed by atoms with van der Waals surface area (Å²) in [5.41, 5.74) is 10.9. The molecule has 0 saturated heterocycles. The van der Waals surface area contributed by atoms with Gasteiger partial charge in [0, 0.05) is 28.7 Å². The van der Waals surface area contributed by atoms with E-state index in [2.05, 4.69) is 22.6 Å². The molecule has 0 aliphatic rings. The van der Waals surface area contributed by atoms with Crippen molar-refractivity contribution in [2.75, 3.05) is 5.73 Å². The van der Waals surface area contributed by atoms with Gasteiger partial charge in [-0.2, -0.15) is 0 Å². The number of nitrogens with one attached hydrogen (secondary N) is 2. The molecule has 0 atom stereocenters. The van der Waals surface area contributed by atoms with E-state index >= 15 is 0 Å². The molecule has 0 fully saturated rings. The molecule has 0 spiro atoms. The second-order valence-corrected chi connectivity index (χ2v) is 4.77. The maximum atomic E-state index is 14.2. The number of pyridine rings is 1. The minimum atomic E-state index is -0.484. The monoisotopic (exact) mass is 296 g/mol. The molecule has 112 valence electrons. The second-order valence-electron chi connectivity index (χ2n) is 4.77. The first-order valence-electron chi connectivity index (χ1n) is 6.71. The van der Waals surface area contributed by atoms with Gasteiger partial charge in [-0.25, -0.2) is 4.39 Å². The van der Waals surface area contributed by atoms with Crippen molar-refractivity contribution in [3.63, 3.8) is 0 Å². The van der Waals surface area contributed by atoms with Gasteiger partial charge < -0.3 is 16.5 Å². The third kappa shape index (κ3) is 3.40. The quantitative estimate of drug-likeness (QED) is 0.451. The predicted octanol–water partition coefficient (Wildman–Crippen LogP) is 3.11. The van der Waals surface area contributed by atoms with Gasteiger partial charge in [-0.15, -0.1) is 5.73 Å². The highest BCUT2D eigenvalue weighted by molar-refractivity contribution is 6.01. The minimum absolute atomic E-state index is 0.238. The standard InChI is InChI=1S/C17H17FN4/c1-3-17(22-10-12-6-4-5-7-21-12)14-8-13(11(2)19)16(20)9-15(14)18/h4-9,19,22H,1,10,20H2,2H3. The fourth-order valence-electron chi connectivity index (χ4n) is 2.04. The lowest BCUT2D eigenvalue weighted by atomic mass is 10.0. The van der Waals surface area contributed by atoms with Crippen LogP contribution in [0, 0.1) is 11.2 Å². The number of anilines is 1. The molecule has 22 heavy (non-hydrogen) atoms. The first-order valence-corrected chi connectivity index (χ1v) is 6.71. The molecule has 0 amide bonds. The first kappa shape index (κ1) is 15.5. The molecule has 4 N–H and O–H groups in total. The SMILES string of the molecule is C=C=C(NCc1ccccn1)c1cc(C(C)=N)c(N)cc1F. The molecule has 0 bridgehead atoms. The Kier molecular flexibility index (Phi) is 4.71. The zero-order valence-electron chi connectivity index (χ0n) is 12.3. The lowest BCUT2D eigenvalue weighted by molar-refractivity contribution is 0.622. The molecule has 0 aliphatic heterocycles. The average Bonchev–Trinajstić information content (AvgIpc) is 2.50. The van der Waals surface area contributed by atoms with Gasteiger partial charge in [0.1, 0.15) is 5.82 Å². The third-order valence-corrected chi connectivity index (χ3v) is 3.16. The number of hydrogen-bond acceptors (Lipinski definition) is 4. The van der Waals surface area contributed by atoms with Crippen molar-refractivity contribution in [3.8, 4) is 0 Å². The number of hydrogen-bond donors (Lipinski definition) is 3. The van der Waals surface area contributed by atoms with Gasteiger partial charge in [0.15, 0.2) is 0 Å². The Balaban J connectivity index is 2.30. The number of halogens is 1. The number of rotatable bonds is 5. The van der Waals surface area contributed by atoms with Crippen LogP contribution >= 0.6 is 0 Å². The van der Waals surface area contributed by atoms with Crippen molar-refractivity contribution in [2.45, 2.75) is 13.5 Å². The van der Waals surface area contributed by atoms with E-state index < -0.39 is 5.82 Å². The summed E-state index contributed by atoms with van der Waals surface area (Å²) in [6.07, 6.45) is 1.69. The van der Waals surface area contributed by atoms with Crippen LogP contribution in [-0.4, -0.2) is 10.7 Å². The Bertz CT molecular complexity index is 747. The molecule has 1 heterocycles. The highest BCUT2D eigenvalue weighted by Crippen LogP contribution is 2.23. The number of benzene rings is 1. The molecule has 1 aromatic carbocycles. The molecule has 0 unspecified atom stereocenters. The van der Waals surface area contributed by atoms with E-state index in [4.69, 9.17) is 11.1 Å². The molecular formula is C17H17FN4.